The zero-order chi connectivity index (χ0) is 14.8. The molecule has 5 heteroatoms. The summed E-state index contributed by atoms with van der Waals surface area (Å²) in [7, 11) is 6.18. The Morgan fingerprint density at radius 1 is 1.30 bits per heavy atom. The number of ether oxygens (including phenoxy) is 1. The van der Waals surface area contributed by atoms with Crippen molar-refractivity contribution in [2.45, 2.75) is 37.8 Å². The summed E-state index contributed by atoms with van der Waals surface area (Å²) in [5, 5.41) is 3.36. The second-order valence-electron chi connectivity index (χ2n) is 6.47. The van der Waals surface area contributed by atoms with Gasteiger partial charge in [-0.2, -0.15) is 0 Å². The highest BCUT2D eigenvalue weighted by Gasteiger charge is 2.42. The summed E-state index contributed by atoms with van der Waals surface area (Å²) in [4.78, 5) is 16.9. The maximum atomic E-state index is 12.7. The highest BCUT2D eigenvalue weighted by molar-refractivity contribution is 5.80. The van der Waals surface area contributed by atoms with Gasteiger partial charge in [0, 0.05) is 25.2 Å². The van der Waals surface area contributed by atoms with E-state index in [1.807, 2.05) is 11.9 Å². The van der Waals surface area contributed by atoms with Gasteiger partial charge in [0.05, 0.1) is 19.1 Å². The van der Waals surface area contributed by atoms with Crippen LogP contribution in [0, 0.1) is 5.92 Å². The lowest BCUT2D eigenvalue weighted by molar-refractivity contribution is -0.137. The molecule has 0 aromatic carbocycles. The van der Waals surface area contributed by atoms with E-state index in [9.17, 15) is 4.79 Å². The molecule has 0 spiro atoms. The van der Waals surface area contributed by atoms with Crippen LogP contribution in [-0.2, 0) is 9.53 Å². The van der Waals surface area contributed by atoms with Crippen molar-refractivity contribution < 1.29 is 9.53 Å². The van der Waals surface area contributed by atoms with E-state index in [4.69, 9.17) is 4.74 Å². The van der Waals surface area contributed by atoms with Gasteiger partial charge in [0.1, 0.15) is 0 Å². The molecular formula is C15H29N3O2. The van der Waals surface area contributed by atoms with Crippen molar-refractivity contribution in [1.29, 1.82) is 0 Å². The quantitative estimate of drug-likeness (QED) is 0.773. The summed E-state index contributed by atoms with van der Waals surface area (Å²) in [6.45, 7) is 4.98. The lowest BCUT2D eigenvalue weighted by Gasteiger charge is -2.49. The second kappa shape index (κ2) is 6.41. The number of nitrogens with zero attached hydrogens (tertiary/aromatic N) is 2. The van der Waals surface area contributed by atoms with Crippen LogP contribution in [0.15, 0.2) is 0 Å². The average molecular weight is 283 g/mol. The minimum absolute atomic E-state index is 0.0285. The van der Waals surface area contributed by atoms with Crippen molar-refractivity contribution in [2.24, 2.45) is 5.92 Å². The zero-order valence-corrected chi connectivity index (χ0v) is 13.3. The van der Waals surface area contributed by atoms with Crippen molar-refractivity contribution in [3.8, 4) is 0 Å². The van der Waals surface area contributed by atoms with Crippen molar-refractivity contribution in [2.75, 3.05) is 47.4 Å². The summed E-state index contributed by atoms with van der Waals surface area (Å²) < 4.78 is 5.49. The van der Waals surface area contributed by atoms with Gasteiger partial charge >= 0.3 is 0 Å². The maximum absolute atomic E-state index is 12.7. The molecule has 1 saturated carbocycles. The first-order valence-electron chi connectivity index (χ1n) is 7.74. The SMILES string of the molecule is CCNC1COCC1C(=O)N(C)CC1(N(C)C)CCC1. The molecule has 2 rings (SSSR count). The summed E-state index contributed by atoms with van der Waals surface area (Å²) >= 11 is 0. The van der Waals surface area contributed by atoms with Gasteiger partial charge in [-0.3, -0.25) is 4.79 Å². The van der Waals surface area contributed by atoms with Crippen LogP contribution in [0.1, 0.15) is 26.2 Å². The standard InChI is InChI=1S/C15H29N3O2/c1-5-16-13-10-20-9-12(13)14(19)18(4)11-15(17(2)3)7-6-8-15/h12-13,16H,5-11H2,1-4H3. The second-order valence-corrected chi connectivity index (χ2v) is 6.47. The fourth-order valence-electron chi connectivity index (χ4n) is 3.40. The first-order valence-corrected chi connectivity index (χ1v) is 7.74. The normalized spacial score (nSPS) is 28.4. The predicted octanol–water partition coefficient (Wildman–Crippen LogP) is 0.554. The Morgan fingerprint density at radius 3 is 2.50 bits per heavy atom. The third-order valence-electron chi connectivity index (χ3n) is 5.00. The number of nitrogens with one attached hydrogen (secondary N) is 1. The summed E-state index contributed by atoms with van der Waals surface area (Å²) in [6.07, 6.45) is 3.65. The number of carbonyl (C=O) groups is 1. The molecule has 1 aliphatic heterocycles. The highest BCUT2D eigenvalue weighted by Crippen LogP contribution is 2.37. The molecule has 0 aromatic heterocycles. The molecule has 2 unspecified atom stereocenters. The molecule has 1 heterocycles. The molecule has 0 radical (unpaired) electrons. The number of likely N-dealkylation sites (N-methyl/N-ethyl adjacent to an activating group) is 3. The smallest absolute Gasteiger partial charge is 0.229 e. The van der Waals surface area contributed by atoms with Crippen LogP contribution in [-0.4, -0.2) is 74.7 Å². The topological polar surface area (TPSA) is 44.8 Å². The summed E-state index contributed by atoms with van der Waals surface area (Å²) in [5.74, 6) is 0.195. The van der Waals surface area contributed by atoms with Gasteiger partial charge in [0.2, 0.25) is 5.91 Å². The van der Waals surface area contributed by atoms with E-state index >= 15 is 0 Å². The van der Waals surface area contributed by atoms with Crippen LogP contribution in [0.3, 0.4) is 0 Å². The van der Waals surface area contributed by atoms with Gasteiger partial charge in [-0.15, -0.1) is 0 Å². The number of hydrogen-bond donors (Lipinski definition) is 1. The summed E-state index contributed by atoms with van der Waals surface area (Å²) in [6, 6.07) is 0.173. The van der Waals surface area contributed by atoms with Crippen molar-refractivity contribution in [1.82, 2.24) is 15.1 Å². The molecule has 116 valence electrons. The first kappa shape index (κ1) is 15.7. The molecule has 2 aliphatic rings. The van der Waals surface area contributed by atoms with E-state index in [-0.39, 0.29) is 23.4 Å². The Balaban J connectivity index is 1.94. The fourth-order valence-corrected chi connectivity index (χ4v) is 3.40. The monoisotopic (exact) mass is 283 g/mol. The molecule has 1 N–H and O–H groups in total. The van der Waals surface area contributed by atoms with Gasteiger partial charge in [0.15, 0.2) is 0 Å². The Labute approximate surface area is 122 Å². The van der Waals surface area contributed by atoms with Crippen molar-refractivity contribution >= 4 is 5.91 Å². The number of hydrogen-bond acceptors (Lipinski definition) is 4. The largest absolute Gasteiger partial charge is 0.379 e. The number of carbonyl (C=O) groups excluding carboxylic acids is 1. The molecular weight excluding hydrogens is 254 g/mol. The van der Waals surface area contributed by atoms with Gasteiger partial charge in [-0.05, 0) is 39.9 Å². The molecule has 1 saturated heterocycles. The summed E-state index contributed by atoms with van der Waals surface area (Å²) in [5.41, 5.74) is 0.192. The van der Waals surface area contributed by atoms with Gasteiger partial charge in [0.25, 0.3) is 0 Å². The van der Waals surface area contributed by atoms with E-state index in [2.05, 4.69) is 31.2 Å². The van der Waals surface area contributed by atoms with Crippen LogP contribution in [0.4, 0.5) is 0 Å². The van der Waals surface area contributed by atoms with Gasteiger partial charge in [-0.1, -0.05) is 6.92 Å². The van der Waals surface area contributed by atoms with Gasteiger partial charge in [-0.25, -0.2) is 0 Å². The van der Waals surface area contributed by atoms with E-state index in [1.54, 1.807) is 0 Å². The van der Waals surface area contributed by atoms with E-state index in [0.717, 1.165) is 13.1 Å². The third-order valence-corrected chi connectivity index (χ3v) is 5.00. The number of rotatable bonds is 6. The van der Waals surface area contributed by atoms with E-state index in [0.29, 0.717) is 13.2 Å². The van der Waals surface area contributed by atoms with Crippen LogP contribution in [0.2, 0.25) is 0 Å². The van der Waals surface area contributed by atoms with Crippen molar-refractivity contribution in [3.63, 3.8) is 0 Å². The molecule has 0 bridgehead atoms. The average Bonchev–Trinajstić information content (AvgIpc) is 2.80. The molecule has 1 aliphatic carbocycles. The molecule has 2 atom stereocenters. The zero-order valence-electron chi connectivity index (χ0n) is 13.3. The van der Waals surface area contributed by atoms with E-state index < -0.39 is 0 Å². The van der Waals surface area contributed by atoms with E-state index in [1.165, 1.54) is 19.3 Å². The molecule has 0 aromatic rings. The Hall–Kier alpha value is -0.650. The fraction of sp³-hybridized carbons (Fsp3) is 0.933. The molecule has 1 amide bonds. The van der Waals surface area contributed by atoms with Gasteiger partial charge < -0.3 is 19.9 Å². The molecule has 5 nitrogen and oxygen atoms in total. The van der Waals surface area contributed by atoms with Crippen LogP contribution in [0.25, 0.3) is 0 Å². The minimum atomic E-state index is -0.0285. The minimum Gasteiger partial charge on any atom is -0.379 e. The Bertz CT molecular complexity index is 342. The molecule has 20 heavy (non-hydrogen) atoms. The lowest BCUT2D eigenvalue weighted by Crippen LogP contribution is -2.58. The first-order chi connectivity index (χ1) is 9.50. The molecule has 2 fully saturated rings. The number of amides is 1. The lowest BCUT2D eigenvalue weighted by atomic mass is 9.75. The van der Waals surface area contributed by atoms with Crippen LogP contribution >= 0.6 is 0 Å². The van der Waals surface area contributed by atoms with Crippen LogP contribution < -0.4 is 5.32 Å². The Kier molecular flexibility index (Phi) is 5.04. The van der Waals surface area contributed by atoms with Crippen molar-refractivity contribution in [3.05, 3.63) is 0 Å². The van der Waals surface area contributed by atoms with Crippen LogP contribution in [0.5, 0.6) is 0 Å². The highest BCUT2D eigenvalue weighted by atomic mass is 16.5. The Morgan fingerprint density at radius 2 is 2.00 bits per heavy atom. The predicted molar refractivity (Wildman–Crippen MR) is 79.7 cm³/mol. The maximum Gasteiger partial charge on any atom is 0.229 e. The third kappa shape index (κ3) is 3.00.